The van der Waals surface area contributed by atoms with Crippen LogP contribution >= 0.6 is 0 Å². The summed E-state index contributed by atoms with van der Waals surface area (Å²) in [5.74, 6) is -0.0475. The zero-order valence-corrected chi connectivity index (χ0v) is 13.5. The van der Waals surface area contributed by atoms with Gasteiger partial charge in [-0.3, -0.25) is 9.59 Å². The van der Waals surface area contributed by atoms with Crippen LogP contribution < -0.4 is 10.6 Å². The molecule has 0 atom stereocenters. The molecule has 0 aliphatic heterocycles. The largest absolute Gasteiger partial charge is 0.343 e. The minimum Gasteiger partial charge on any atom is -0.343 e. The van der Waals surface area contributed by atoms with Gasteiger partial charge in [0.2, 0.25) is 5.91 Å². The topological polar surface area (TPSA) is 102 Å². The standard InChI is InChI=1S/C17H16N6O2/c1-12-2-4-13(5-3-12)17(25)20-9-16(24)22-14-6-7-15(19-8-14)23-11-18-10-21-23/h2-8,10-11H,9H2,1H3,(H,20,25)(H,22,24). The van der Waals surface area contributed by atoms with E-state index in [0.717, 1.165) is 5.56 Å². The minimum absolute atomic E-state index is 0.127. The summed E-state index contributed by atoms with van der Waals surface area (Å²) in [6.07, 6.45) is 4.45. The zero-order chi connectivity index (χ0) is 17.6. The van der Waals surface area contributed by atoms with Crippen molar-refractivity contribution >= 4 is 17.5 Å². The van der Waals surface area contributed by atoms with Crippen molar-refractivity contribution in [2.45, 2.75) is 6.92 Å². The third kappa shape index (κ3) is 4.25. The number of hydrogen-bond donors (Lipinski definition) is 2. The third-order valence-electron chi connectivity index (χ3n) is 3.41. The van der Waals surface area contributed by atoms with Crippen LogP contribution in [0.25, 0.3) is 5.82 Å². The van der Waals surface area contributed by atoms with Gasteiger partial charge in [-0.15, -0.1) is 0 Å². The van der Waals surface area contributed by atoms with E-state index >= 15 is 0 Å². The van der Waals surface area contributed by atoms with E-state index in [0.29, 0.717) is 17.1 Å². The molecule has 8 heteroatoms. The summed E-state index contributed by atoms with van der Waals surface area (Å²) in [4.78, 5) is 31.9. The summed E-state index contributed by atoms with van der Waals surface area (Å²) in [5, 5.41) is 9.22. The molecule has 0 spiro atoms. The number of aromatic nitrogens is 4. The molecule has 25 heavy (non-hydrogen) atoms. The van der Waals surface area contributed by atoms with Crippen molar-refractivity contribution in [2.24, 2.45) is 0 Å². The Balaban J connectivity index is 1.52. The number of nitrogens with zero attached hydrogens (tertiary/aromatic N) is 4. The lowest BCUT2D eigenvalue weighted by Crippen LogP contribution is -2.32. The highest BCUT2D eigenvalue weighted by molar-refractivity contribution is 5.99. The Morgan fingerprint density at radius 1 is 1.12 bits per heavy atom. The first-order valence-electron chi connectivity index (χ1n) is 7.57. The van der Waals surface area contributed by atoms with Crippen molar-refractivity contribution in [1.29, 1.82) is 0 Å². The highest BCUT2D eigenvalue weighted by Crippen LogP contribution is 2.08. The number of carbonyl (C=O) groups is 2. The Hall–Kier alpha value is -3.55. The van der Waals surface area contributed by atoms with E-state index in [1.165, 1.54) is 23.5 Å². The number of anilines is 1. The monoisotopic (exact) mass is 336 g/mol. The summed E-state index contributed by atoms with van der Waals surface area (Å²) >= 11 is 0. The van der Waals surface area contributed by atoms with E-state index in [1.54, 1.807) is 24.3 Å². The molecule has 0 aliphatic carbocycles. The van der Waals surface area contributed by atoms with Gasteiger partial charge in [0.25, 0.3) is 5.91 Å². The number of hydrogen-bond acceptors (Lipinski definition) is 5. The number of carbonyl (C=O) groups excluding carboxylic acids is 2. The number of amides is 2. The first kappa shape index (κ1) is 16.3. The fourth-order valence-electron chi connectivity index (χ4n) is 2.09. The molecule has 2 aromatic heterocycles. The maximum Gasteiger partial charge on any atom is 0.251 e. The molecule has 0 saturated heterocycles. The normalized spacial score (nSPS) is 10.3. The summed E-state index contributed by atoms with van der Waals surface area (Å²) in [6.45, 7) is 1.81. The number of nitrogens with one attached hydrogen (secondary N) is 2. The van der Waals surface area contributed by atoms with E-state index in [2.05, 4.69) is 25.7 Å². The maximum atomic E-state index is 12.0. The van der Waals surface area contributed by atoms with Gasteiger partial charge in [-0.1, -0.05) is 17.7 Å². The Kier molecular flexibility index (Phi) is 4.79. The molecule has 2 amide bonds. The first-order valence-corrected chi connectivity index (χ1v) is 7.57. The van der Waals surface area contributed by atoms with Gasteiger partial charge >= 0.3 is 0 Å². The van der Waals surface area contributed by atoms with Gasteiger partial charge in [0, 0.05) is 5.56 Å². The number of aryl methyl sites for hydroxylation is 1. The fraction of sp³-hybridized carbons (Fsp3) is 0.118. The van der Waals surface area contributed by atoms with Crippen LogP contribution in [-0.2, 0) is 4.79 Å². The Bertz CT molecular complexity index is 857. The molecule has 3 aromatic rings. The highest BCUT2D eigenvalue weighted by Gasteiger charge is 2.08. The molecule has 2 heterocycles. The average molecular weight is 336 g/mol. The predicted molar refractivity (Wildman–Crippen MR) is 91.3 cm³/mol. The van der Waals surface area contributed by atoms with Crippen LogP contribution in [0.2, 0.25) is 0 Å². The lowest BCUT2D eigenvalue weighted by atomic mass is 10.1. The van der Waals surface area contributed by atoms with Gasteiger partial charge < -0.3 is 10.6 Å². The molecule has 1 aromatic carbocycles. The quantitative estimate of drug-likeness (QED) is 0.732. The molecule has 8 nitrogen and oxygen atoms in total. The summed E-state index contributed by atoms with van der Waals surface area (Å²) in [5.41, 5.74) is 2.10. The number of benzene rings is 1. The molecular formula is C17H16N6O2. The van der Waals surface area contributed by atoms with E-state index in [1.807, 2.05) is 19.1 Å². The van der Waals surface area contributed by atoms with Gasteiger partial charge in [0.1, 0.15) is 12.7 Å². The molecule has 3 rings (SSSR count). The third-order valence-corrected chi connectivity index (χ3v) is 3.41. The van der Waals surface area contributed by atoms with Gasteiger partial charge in [0.15, 0.2) is 5.82 Å². The van der Waals surface area contributed by atoms with Crippen LogP contribution in [0.1, 0.15) is 15.9 Å². The van der Waals surface area contributed by atoms with Crippen LogP contribution in [0.5, 0.6) is 0 Å². The Morgan fingerprint density at radius 3 is 2.56 bits per heavy atom. The van der Waals surface area contributed by atoms with Gasteiger partial charge in [0.05, 0.1) is 18.4 Å². The van der Waals surface area contributed by atoms with Gasteiger partial charge in [-0.2, -0.15) is 5.10 Å². The van der Waals surface area contributed by atoms with Crippen molar-refractivity contribution in [3.8, 4) is 5.82 Å². The average Bonchev–Trinajstić information content (AvgIpc) is 3.15. The molecular weight excluding hydrogens is 320 g/mol. The van der Waals surface area contributed by atoms with Crippen molar-refractivity contribution < 1.29 is 9.59 Å². The highest BCUT2D eigenvalue weighted by atomic mass is 16.2. The van der Waals surface area contributed by atoms with Crippen LogP contribution in [-0.4, -0.2) is 38.1 Å². The lowest BCUT2D eigenvalue weighted by molar-refractivity contribution is -0.115. The van der Waals surface area contributed by atoms with E-state index in [9.17, 15) is 9.59 Å². The molecule has 126 valence electrons. The lowest BCUT2D eigenvalue weighted by Gasteiger charge is -2.07. The van der Waals surface area contributed by atoms with Crippen molar-refractivity contribution in [2.75, 3.05) is 11.9 Å². The zero-order valence-electron chi connectivity index (χ0n) is 13.5. The second-order valence-corrected chi connectivity index (χ2v) is 5.34. The summed E-state index contributed by atoms with van der Waals surface area (Å²) in [6, 6.07) is 10.5. The smallest absolute Gasteiger partial charge is 0.251 e. The van der Waals surface area contributed by atoms with E-state index in [-0.39, 0.29) is 18.4 Å². The minimum atomic E-state index is -0.337. The van der Waals surface area contributed by atoms with Crippen LogP contribution in [0.3, 0.4) is 0 Å². The first-order chi connectivity index (χ1) is 12.1. The maximum absolute atomic E-state index is 12.0. The van der Waals surface area contributed by atoms with Gasteiger partial charge in [-0.05, 0) is 31.2 Å². The predicted octanol–water partition coefficient (Wildman–Crippen LogP) is 1.34. The van der Waals surface area contributed by atoms with Crippen molar-refractivity contribution in [3.63, 3.8) is 0 Å². The molecule has 0 aliphatic rings. The van der Waals surface area contributed by atoms with Crippen molar-refractivity contribution in [1.82, 2.24) is 25.1 Å². The second-order valence-electron chi connectivity index (χ2n) is 5.34. The van der Waals surface area contributed by atoms with Crippen LogP contribution in [0.15, 0.2) is 55.2 Å². The number of pyridine rings is 1. The molecule has 0 unspecified atom stereocenters. The molecule has 0 bridgehead atoms. The van der Waals surface area contributed by atoms with E-state index in [4.69, 9.17) is 0 Å². The Morgan fingerprint density at radius 2 is 1.92 bits per heavy atom. The summed E-state index contributed by atoms with van der Waals surface area (Å²) in [7, 11) is 0. The molecule has 0 saturated carbocycles. The molecule has 2 N–H and O–H groups in total. The van der Waals surface area contributed by atoms with Crippen molar-refractivity contribution in [3.05, 3.63) is 66.4 Å². The SMILES string of the molecule is Cc1ccc(C(=O)NCC(=O)Nc2ccc(-n3cncn3)nc2)cc1. The molecule has 0 radical (unpaired) electrons. The van der Waals surface area contributed by atoms with Crippen LogP contribution in [0.4, 0.5) is 5.69 Å². The second kappa shape index (κ2) is 7.35. The van der Waals surface area contributed by atoms with Gasteiger partial charge in [-0.25, -0.2) is 14.6 Å². The summed E-state index contributed by atoms with van der Waals surface area (Å²) < 4.78 is 1.51. The fourth-order valence-corrected chi connectivity index (χ4v) is 2.09. The van der Waals surface area contributed by atoms with Crippen LogP contribution in [0, 0.1) is 6.92 Å². The molecule has 0 fully saturated rings. The van der Waals surface area contributed by atoms with E-state index < -0.39 is 0 Å². The Labute approximate surface area is 143 Å². The number of rotatable bonds is 5.